The van der Waals surface area contributed by atoms with Gasteiger partial charge in [-0.2, -0.15) is 13.2 Å². The molecule has 0 aliphatic carbocycles. The molecule has 0 spiro atoms. The second kappa shape index (κ2) is 4.84. The first-order valence-electron chi connectivity index (χ1n) is 6.38. The van der Waals surface area contributed by atoms with Crippen molar-refractivity contribution in [3.05, 3.63) is 71.3 Å². The van der Waals surface area contributed by atoms with Crippen LogP contribution in [0.25, 0.3) is 0 Å². The van der Waals surface area contributed by atoms with Crippen LogP contribution in [-0.2, 0) is 5.66 Å². The molecule has 1 aliphatic heterocycles. The highest BCUT2D eigenvalue weighted by Crippen LogP contribution is 2.42. The first-order valence-corrected chi connectivity index (χ1v) is 6.38. The minimum atomic E-state index is -4.42. The fourth-order valence-corrected chi connectivity index (χ4v) is 2.26. The number of halogens is 3. The second-order valence-electron chi connectivity index (χ2n) is 4.93. The van der Waals surface area contributed by atoms with Crippen molar-refractivity contribution in [2.24, 2.45) is 0 Å². The molecular formula is C15H13F3N2O. The van der Waals surface area contributed by atoms with Crippen LogP contribution in [0.2, 0.25) is 0 Å². The molecule has 0 aromatic heterocycles. The highest BCUT2D eigenvalue weighted by atomic mass is 19.4. The molecular weight excluding hydrogens is 281 g/mol. The number of hydrazine groups is 1. The molecule has 0 saturated carbocycles. The van der Waals surface area contributed by atoms with Crippen LogP contribution in [0.15, 0.2) is 54.6 Å². The Morgan fingerprint density at radius 3 is 1.86 bits per heavy atom. The fourth-order valence-electron chi connectivity index (χ4n) is 2.26. The SMILES string of the molecule is OC(c1ccccc1)c1ccc(C2(C(F)(F)F)NN2)cc1. The van der Waals surface area contributed by atoms with Gasteiger partial charge in [0.15, 0.2) is 0 Å². The molecule has 6 heteroatoms. The van der Waals surface area contributed by atoms with Crippen molar-refractivity contribution in [2.75, 3.05) is 0 Å². The van der Waals surface area contributed by atoms with Gasteiger partial charge >= 0.3 is 6.18 Å². The van der Waals surface area contributed by atoms with Crippen molar-refractivity contribution in [1.82, 2.24) is 10.9 Å². The summed E-state index contributed by atoms with van der Waals surface area (Å²) in [6, 6.07) is 14.7. The Morgan fingerprint density at radius 1 is 0.857 bits per heavy atom. The van der Waals surface area contributed by atoms with Crippen LogP contribution >= 0.6 is 0 Å². The summed E-state index contributed by atoms with van der Waals surface area (Å²) in [5.41, 5.74) is 3.44. The smallest absolute Gasteiger partial charge is 0.384 e. The Kier molecular flexibility index (Phi) is 3.24. The molecule has 110 valence electrons. The van der Waals surface area contributed by atoms with Crippen LogP contribution in [0.3, 0.4) is 0 Å². The standard InChI is InChI=1S/C15H13F3N2O/c16-15(17,18)14(19-20-14)12-8-6-11(7-9-12)13(21)10-4-2-1-3-5-10/h1-9,13,19-21H. The van der Waals surface area contributed by atoms with Gasteiger partial charge < -0.3 is 5.11 Å². The molecule has 3 rings (SSSR count). The van der Waals surface area contributed by atoms with Crippen LogP contribution in [0.4, 0.5) is 13.2 Å². The van der Waals surface area contributed by atoms with Crippen molar-refractivity contribution in [3.63, 3.8) is 0 Å². The molecule has 3 N–H and O–H groups in total. The van der Waals surface area contributed by atoms with Gasteiger partial charge in [-0.25, -0.2) is 10.9 Å². The molecule has 1 fully saturated rings. The normalized spacial score (nSPS) is 18.3. The van der Waals surface area contributed by atoms with Gasteiger partial charge in [0, 0.05) is 0 Å². The van der Waals surface area contributed by atoms with Gasteiger partial charge in [-0.1, -0.05) is 54.6 Å². The van der Waals surface area contributed by atoms with Crippen molar-refractivity contribution in [2.45, 2.75) is 17.9 Å². The summed E-state index contributed by atoms with van der Waals surface area (Å²) in [6.45, 7) is 0. The van der Waals surface area contributed by atoms with Gasteiger partial charge in [0.1, 0.15) is 6.10 Å². The minimum absolute atomic E-state index is 0.0685. The van der Waals surface area contributed by atoms with Crippen molar-refractivity contribution in [1.29, 1.82) is 0 Å². The molecule has 1 aliphatic rings. The summed E-state index contributed by atoms with van der Waals surface area (Å²) < 4.78 is 38.8. The van der Waals surface area contributed by atoms with Gasteiger partial charge in [0.05, 0.1) is 0 Å². The number of nitrogens with one attached hydrogen (secondary N) is 2. The third-order valence-corrected chi connectivity index (χ3v) is 3.57. The molecule has 0 radical (unpaired) electrons. The van der Waals surface area contributed by atoms with E-state index in [4.69, 9.17) is 0 Å². The van der Waals surface area contributed by atoms with E-state index < -0.39 is 17.9 Å². The average molecular weight is 294 g/mol. The molecule has 1 unspecified atom stereocenters. The fraction of sp³-hybridized carbons (Fsp3) is 0.200. The van der Waals surface area contributed by atoms with Crippen LogP contribution in [0.1, 0.15) is 22.8 Å². The molecule has 2 aromatic rings. The lowest BCUT2D eigenvalue weighted by Crippen LogP contribution is -2.34. The lowest BCUT2D eigenvalue weighted by atomic mass is 9.97. The minimum Gasteiger partial charge on any atom is -0.384 e. The quantitative estimate of drug-likeness (QED) is 0.762. The topological polar surface area (TPSA) is 64.1 Å². The summed E-state index contributed by atoms with van der Waals surface area (Å²) in [5, 5.41) is 10.2. The van der Waals surface area contributed by atoms with E-state index in [2.05, 4.69) is 10.9 Å². The maximum atomic E-state index is 12.9. The number of hydrogen-bond acceptors (Lipinski definition) is 3. The van der Waals surface area contributed by atoms with E-state index >= 15 is 0 Å². The number of alkyl halides is 3. The number of rotatable bonds is 3. The van der Waals surface area contributed by atoms with E-state index in [1.165, 1.54) is 24.3 Å². The summed E-state index contributed by atoms with van der Waals surface area (Å²) in [4.78, 5) is 0. The van der Waals surface area contributed by atoms with Gasteiger partial charge in [-0.3, -0.25) is 0 Å². The van der Waals surface area contributed by atoms with E-state index in [-0.39, 0.29) is 5.56 Å². The van der Waals surface area contributed by atoms with E-state index in [9.17, 15) is 18.3 Å². The first kappa shape index (κ1) is 14.1. The monoisotopic (exact) mass is 294 g/mol. The number of benzene rings is 2. The van der Waals surface area contributed by atoms with Gasteiger partial charge in [0.2, 0.25) is 5.66 Å². The average Bonchev–Trinajstić information content (AvgIpc) is 3.29. The van der Waals surface area contributed by atoms with Gasteiger partial charge in [-0.15, -0.1) is 0 Å². The highest BCUT2D eigenvalue weighted by Gasteiger charge is 2.65. The number of hydrogen-bond donors (Lipinski definition) is 3. The van der Waals surface area contributed by atoms with Crippen LogP contribution in [0.5, 0.6) is 0 Å². The number of aliphatic hydroxyl groups excluding tert-OH is 1. The molecule has 1 saturated heterocycles. The van der Waals surface area contributed by atoms with E-state index in [1.54, 1.807) is 24.3 Å². The Bertz CT molecular complexity index is 622. The zero-order valence-corrected chi connectivity index (χ0v) is 10.9. The zero-order chi connectivity index (χ0) is 15.1. The van der Waals surface area contributed by atoms with Gasteiger partial charge in [0.25, 0.3) is 0 Å². The zero-order valence-electron chi connectivity index (χ0n) is 10.9. The molecule has 3 nitrogen and oxygen atoms in total. The maximum Gasteiger partial charge on any atom is 0.426 e. The lowest BCUT2D eigenvalue weighted by Gasteiger charge is -2.17. The third kappa shape index (κ3) is 2.42. The Labute approximate surface area is 119 Å². The summed E-state index contributed by atoms with van der Waals surface area (Å²) in [5.74, 6) is 0. The molecule has 1 atom stereocenters. The lowest BCUT2D eigenvalue weighted by molar-refractivity contribution is -0.165. The molecule has 21 heavy (non-hydrogen) atoms. The van der Waals surface area contributed by atoms with Crippen LogP contribution in [0, 0.1) is 0 Å². The summed E-state index contributed by atoms with van der Waals surface area (Å²) >= 11 is 0. The van der Waals surface area contributed by atoms with E-state index in [1.807, 2.05) is 6.07 Å². The molecule has 2 aromatic carbocycles. The number of aliphatic hydroxyl groups is 1. The molecule has 1 heterocycles. The van der Waals surface area contributed by atoms with E-state index in [0.29, 0.717) is 11.1 Å². The summed E-state index contributed by atoms with van der Waals surface area (Å²) in [7, 11) is 0. The van der Waals surface area contributed by atoms with Crippen LogP contribution in [-0.4, -0.2) is 11.3 Å². The predicted molar refractivity (Wildman–Crippen MR) is 71.0 cm³/mol. The van der Waals surface area contributed by atoms with Crippen LogP contribution < -0.4 is 10.9 Å². The Hall–Kier alpha value is -1.89. The maximum absolute atomic E-state index is 12.9. The predicted octanol–water partition coefficient (Wildman–Crippen LogP) is 2.59. The molecule has 0 bridgehead atoms. The second-order valence-corrected chi connectivity index (χ2v) is 4.93. The van der Waals surface area contributed by atoms with Crippen molar-refractivity contribution in [3.8, 4) is 0 Å². The first-order chi connectivity index (χ1) is 9.94. The van der Waals surface area contributed by atoms with Crippen molar-refractivity contribution >= 4 is 0 Å². The van der Waals surface area contributed by atoms with Gasteiger partial charge in [-0.05, 0) is 16.7 Å². The third-order valence-electron chi connectivity index (χ3n) is 3.57. The Morgan fingerprint density at radius 2 is 1.38 bits per heavy atom. The Balaban J connectivity index is 1.86. The van der Waals surface area contributed by atoms with E-state index in [0.717, 1.165) is 0 Å². The van der Waals surface area contributed by atoms with Crippen molar-refractivity contribution < 1.29 is 18.3 Å². The largest absolute Gasteiger partial charge is 0.426 e. The highest BCUT2D eigenvalue weighted by molar-refractivity contribution is 5.36. The molecule has 0 amide bonds. The summed E-state index contributed by atoms with van der Waals surface area (Å²) in [6.07, 6.45) is -5.28.